The van der Waals surface area contributed by atoms with Crippen LogP contribution in [0.25, 0.3) is 0 Å². The number of nitrogens with one attached hydrogen (secondary N) is 1. The van der Waals surface area contributed by atoms with Crippen molar-refractivity contribution in [1.82, 2.24) is 4.90 Å². The fourth-order valence-electron chi connectivity index (χ4n) is 3.24. The second-order valence-electron chi connectivity index (χ2n) is 6.40. The monoisotopic (exact) mass is 331 g/mol. The minimum Gasteiger partial charge on any atom is -0.372 e. The smallest absolute Gasteiger partial charge is 0.229 e. The third kappa shape index (κ3) is 4.08. The van der Waals surface area contributed by atoms with E-state index in [2.05, 4.69) is 30.1 Å². The van der Waals surface area contributed by atoms with Gasteiger partial charge in [-0.25, -0.2) is 0 Å². The Bertz CT molecular complexity index is 596. The molecule has 1 aliphatic heterocycles. The second-order valence-corrected chi connectivity index (χ2v) is 6.40. The third-order valence-electron chi connectivity index (χ3n) is 4.68. The van der Waals surface area contributed by atoms with Gasteiger partial charge in [0.2, 0.25) is 11.8 Å². The molecule has 1 unspecified atom stereocenters. The summed E-state index contributed by atoms with van der Waals surface area (Å²) in [6.07, 6.45) is 1.24. The quantitative estimate of drug-likeness (QED) is 0.835. The van der Waals surface area contributed by atoms with Gasteiger partial charge in [0.15, 0.2) is 0 Å². The number of anilines is 2. The molecule has 0 aromatic heterocycles. The van der Waals surface area contributed by atoms with Crippen molar-refractivity contribution in [3.8, 4) is 0 Å². The molecule has 0 radical (unpaired) electrons. The maximum atomic E-state index is 12.5. The summed E-state index contributed by atoms with van der Waals surface area (Å²) in [7, 11) is 0. The average molecular weight is 331 g/mol. The van der Waals surface area contributed by atoms with Crippen LogP contribution >= 0.6 is 0 Å². The maximum absolute atomic E-state index is 12.5. The van der Waals surface area contributed by atoms with E-state index in [9.17, 15) is 9.59 Å². The van der Waals surface area contributed by atoms with Crippen LogP contribution in [0.3, 0.4) is 0 Å². The topological polar surface area (TPSA) is 52.7 Å². The first kappa shape index (κ1) is 18.3. The van der Waals surface area contributed by atoms with Gasteiger partial charge in [-0.2, -0.15) is 0 Å². The van der Waals surface area contributed by atoms with E-state index in [-0.39, 0.29) is 17.7 Å². The molecule has 1 saturated heterocycles. The molecule has 0 bridgehead atoms. The van der Waals surface area contributed by atoms with E-state index in [1.165, 1.54) is 5.69 Å². The number of hydrogen-bond donors (Lipinski definition) is 1. The van der Waals surface area contributed by atoms with Crippen LogP contribution in [0.4, 0.5) is 11.4 Å². The maximum Gasteiger partial charge on any atom is 0.229 e. The highest BCUT2D eigenvalue weighted by Gasteiger charge is 2.33. The van der Waals surface area contributed by atoms with Crippen LogP contribution in [-0.4, -0.2) is 42.9 Å². The minimum atomic E-state index is -0.245. The van der Waals surface area contributed by atoms with Crippen LogP contribution in [0.1, 0.15) is 39.2 Å². The number of rotatable bonds is 7. The van der Waals surface area contributed by atoms with E-state index in [1.807, 2.05) is 26.0 Å². The van der Waals surface area contributed by atoms with Crippen molar-refractivity contribution >= 4 is 23.2 Å². The molecule has 0 aliphatic carbocycles. The number of amides is 2. The number of carbonyl (C=O) groups excluding carboxylic acids is 2. The highest BCUT2D eigenvalue weighted by Crippen LogP contribution is 2.25. The molecule has 1 aromatic carbocycles. The van der Waals surface area contributed by atoms with E-state index < -0.39 is 0 Å². The van der Waals surface area contributed by atoms with Crippen LogP contribution in [-0.2, 0) is 9.59 Å². The van der Waals surface area contributed by atoms with Crippen molar-refractivity contribution in [3.63, 3.8) is 0 Å². The summed E-state index contributed by atoms with van der Waals surface area (Å²) >= 11 is 0. The van der Waals surface area contributed by atoms with Gasteiger partial charge >= 0.3 is 0 Å². The molecule has 132 valence electrons. The number of aryl methyl sites for hydroxylation is 1. The highest BCUT2D eigenvalue weighted by atomic mass is 16.2. The van der Waals surface area contributed by atoms with Gasteiger partial charge in [0, 0.05) is 44.0 Å². The normalized spacial score (nSPS) is 17.2. The van der Waals surface area contributed by atoms with Gasteiger partial charge in [-0.1, -0.05) is 6.92 Å². The molecule has 1 fully saturated rings. The lowest BCUT2D eigenvalue weighted by Gasteiger charge is -2.22. The van der Waals surface area contributed by atoms with Crippen molar-refractivity contribution in [1.29, 1.82) is 0 Å². The fourth-order valence-corrected chi connectivity index (χ4v) is 3.24. The van der Waals surface area contributed by atoms with E-state index >= 15 is 0 Å². The predicted octanol–water partition coefficient (Wildman–Crippen LogP) is 3.04. The van der Waals surface area contributed by atoms with Crippen molar-refractivity contribution in [2.45, 2.75) is 40.5 Å². The molecule has 24 heavy (non-hydrogen) atoms. The molecule has 2 amide bonds. The molecule has 0 spiro atoms. The first-order valence-corrected chi connectivity index (χ1v) is 8.94. The summed E-state index contributed by atoms with van der Waals surface area (Å²) in [6.45, 7) is 11.5. The van der Waals surface area contributed by atoms with Gasteiger partial charge in [-0.3, -0.25) is 9.59 Å². The van der Waals surface area contributed by atoms with Crippen LogP contribution in [0.2, 0.25) is 0 Å². The van der Waals surface area contributed by atoms with Crippen molar-refractivity contribution in [2.24, 2.45) is 5.92 Å². The Morgan fingerprint density at radius 1 is 1.29 bits per heavy atom. The Hall–Kier alpha value is -2.04. The number of likely N-dealkylation sites (tertiary alicyclic amines) is 1. The average Bonchev–Trinajstić information content (AvgIpc) is 2.92. The molecule has 1 atom stereocenters. The molecular weight excluding hydrogens is 302 g/mol. The molecule has 0 saturated carbocycles. The predicted molar refractivity (Wildman–Crippen MR) is 98.3 cm³/mol. The van der Waals surface area contributed by atoms with E-state index in [0.29, 0.717) is 13.0 Å². The highest BCUT2D eigenvalue weighted by molar-refractivity contribution is 5.97. The lowest BCUT2D eigenvalue weighted by Crippen LogP contribution is -2.29. The summed E-state index contributed by atoms with van der Waals surface area (Å²) in [6, 6.07) is 6.10. The molecule has 2 rings (SSSR count). The van der Waals surface area contributed by atoms with Gasteiger partial charge in [0.25, 0.3) is 0 Å². The lowest BCUT2D eigenvalue weighted by atomic mass is 10.1. The molecule has 1 aromatic rings. The zero-order valence-corrected chi connectivity index (χ0v) is 15.3. The third-order valence-corrected chi connectivity index (χ3v) is 4.68. The summed E-state index contributed by atoms with van der Waals surface area (Å²) < 4.78 is 0. The Kier molecular flexibility index (Phi) is 6.23. The van der Waals surface area contributed by atoms with Crippen molar-refractivity contribution < 1.29 is 9.59 Å². The summed E-state index contributed by atoms with van der Waals surface area (Å²) in [4.78, 5) is 28.5. The number of hydrogen-bond acceptors (Lipinski definition) is 3. The Labute approximate surface area is 145 Å². The molecule has 5 nitrogen and oxygen atoms in total. The number of carbonyl (C=O) groups is 2. The fraction of sp³-hybridized carbons (Fsp3) is 0.579. The number of benzene rings is 1. The van der Waals surface area contributed by atoms with Gasteiger partial charge in [0.05, 0.1) is 5.92 Å². The summed E-state index contributed by atoms with van der Waals surface area (Å²) in [5.41, 5.74) is 3.04. The zero-order chi connectivity index (χ0) is 17.7. The molecule has 1 N–H and O–H groups in total. The van der Waals surface area contributed by atoms with E-state index in [0.717, 1.165) is 37.3 Å². The van der Waals surface area contributed by atoms with Gasteiger partial charge < -0.3 is 15.1 Å². The van der Waals surface area contributed by atoms with Crippen LogP contribution in [0, 0.1) is 12.8 Å². The molecule has 5 heteroatoms. The van der Waals surface area contributed by atoms with Gasteiger partial charge in [0.1, 0.15) is 0 Å². The van der Waals surface area contributed by atoms with Gasteiger partial charge in [-0.15, -0.1) is 0 Å². The van der Waals surface area contributed by atoms with Crippen LogP contribution < -0.4 is 10.2 Å². The van der Waals surface area contributed by atoms with Crippen LogP contribution in [0.5, 0.6) is 0 Å². The first-order chi connectivity index (χ1) is 11.5. The molecular formula is C19H29N3O2. The van der Waals surface area contributed by atoms with Gasteiger partial charge in [-0.05, 0) is 51.0 Å². The minimum absolute atomic E-state index is 0.0550. The Morgan fingerprint density at radius 2 is 2.00 bits per heavy atom. The SMILES string of the molecule is CCCN1CC(C(=O)Nc2ccc(N(CC)CC)cc2C)CC1=O. The molecule has 1 aliphatic rings. The Morgan fingerprint density at radius 3 is 2.58 bits per heavy atom. The van der Waals surface area contributed by atoms with Crippen LogP contribution in [0.15, 0.2) is 18.2 Å². The van der Waals surface area contributed by atoms with Crippen molar-refractivity contribution in [2.75, 3.05) is 36.4 Å². The second kappa shape index (κ2) is 8.18. The largest absolute Gasteiger partial charge is 0.372 e. The first-order valence-electron chi connectivity index (χ1n) is 8.94. The number of nitrogens with zero attached hydrogens (tertiary/aromatic N) is 2. The molecule has 1 heterocycles. The van der Waals surface area contributed by atoms with E-state index in [1.54, 1.807) is 4.90 Å². The van der Waals surface area contributed by atoms with Crippen molar-refractivity contribution in [3.05, 3.63) is 23.8 Å². The zero-order valence-electron chi connectivity index (χ0n) is 15.3. The summed E-state index contributed by atoms with van der Waals surface area (Å²) in [5.74, 6) is -0.211. The standard InChI is InChI=1S/C19H29N3O2/c1-5-10-22-13-15(12-18(22)23)19(24)20-17-9-8-16(11-14(17)4)21(6-2)7-3/h8-9,11,15H,5-7,10,12-13H2,1-4H3,(H,20,24). The summed E-state index contributed by atoms with van der Waals surface area (Å²) in [5, 5.41) is 3.00. The Balaban J connectivity index is 2.03. The van der Waals surface area contributed by atoms with E-state index in [4.69, 9.17) is 0 Å². The lowest BCUT2D eigenvalue weighted by molar-refractivity contribution is -0.128.